The van der Waals surface area contributed by atoms with Crippen molar-refractivity contribution in [2.75, 3.05) is 42.9 Å². The molecule has 0 aliphatic carbocycles. The van der Waals surface area contributed by atoms with Crippen LogP contribution in [-0.4, -0.2) is 53.3 Å². The van der Waals surface area contributed by atoms with E-state index in [2.05, 4.69) is 39.3 Å². The molecule has 1 aliphatic rings. The Kier molecular flexibility index (Phi) is 6.25. The third-order valence-corrected chi connectivity index (χ3v) is 5.37. The molecule has 1 saturated heterocycles. The summed E-state index contributed by atoms with van der Waals surface area (Å²) < 4.78 is 1.79. The zero-order valence-electron chi connectivity index (χ0n) is 17.2. The molecule has 0 bridgehead atoms. The Morgan fingerprint density at radius 2 is 1.73 bits per heavy atom. The highest BCUT2D eigenvalue weighted by atomic mass is 16.1. The van der Waals surface area contributed by atoms with Gasteiger partial charge in [0, 0.05) is 55.4 Å². The van der Waals surface area contributed by atoms with Gasteiger partial charge in [-0.2, -0.15) is 5.10 Å². The van der Waals surface area contributed by atoms with Crippen LogP contribution in [0.1, 0.15) is 12.5 Å². The smallest absolute Gasteiger partial charge is 0.248 e. The fourth-order valence-corrected chi connectivity index (χ4v) is 3.58. The number of hydrogen-bond acceptors (Lipinski definition) is 4. The molecule has 0 saturated carbocycles. The van der Waals surface area contributed by atoms with Crippen molar-refractivity contribution >= 4 is 23.4 Å². The molecule has 1 N–H and O–H groups in total. The summed E-state index contributed by atoms with van der Waals surface area (Å²) in [6.45, 7) is 7.59. The lowest BCUT2D eigenvalue weighted by atomic mass is 10.2. The van der Waals surface area contributed by atoms with Gasteiger partial charge in [0.05, 0.1) is 11.9 Å². The minimum atomic E-state index is -0.160. The quantitative estimate of drug-likeness (QED) is 0.641. The van der Waals surface area contributed by atoms with Crippen LogP contribution in [0, 0.1) is 0 Å². The van der Waals surface area contributed by atoms with Crippen molar-refractivity contribution in [1.82, 2.24) is 14.7 Å². The molecule has 4 rings (SSSR count). The van der Waals surface area contributed by atoms with Gasteiger partial charge in [0.2, 0.25) is 5.91 Å². The van der Waals surface area contributed by atoms with E-state index in [0.717, 1.165) is 49.7 Å². The number of nitrogens with zero attached hydrogens (tertiary/aromatic N) is 4. The molecule has 0 unspecified atom stereocenters. The van der Waals surface area contributed by atoms with E-state index in [9.17, 15) is 4.79 Å². The number of amides is 1. The molecule has 6 nitrogen and oxygen atoms in total. The van der Waals surface area contributed by atoms with Gasteiger partial charge in [-0.05, 0) is 49.0 Å². The van der Waals surface area contributed by atoms with Gasteiger partial charge in [-0.1, -0.05) is 25.1 Å². The molecule has 6 heteroatoms. The number of piperazine rings is 1. The van der Waals surface area contributed by atoms with Crippen LogP contribution in [0.3, 0.4) is 0 Å². The predicted octanol–water partition coefficient (Wildman–Crippen LogP) is 3.67. The summed E-state index contributed by atoms with van der Waals surface area (Å²) in [4.78, 5) is 17.1. The first-order chi connectivity index (χ1) is 14.7. The number of carbonyl (C=O) groups is 1. The number of hydrogen-bond donors (Lipinski definition) is 1. The number of aromatic nitrogens is 2. The van der Waals surface area contributed by atoms with Crippen molar-refractivity contribution in [3.63, 3.8) is 0 Å². The monoisotopic (exact) mass is 401 g/mol. The van der Waals surface area contributed by atoms with Crippen molar-refractivity contribution in [2.24, 2.45) is 0 Å². The predicted molar refractivity (Wildman–Crippen MR) is 122 cm³/mol. The number of likely N-dealkylation sites (N-methyl/N-ethyl adjacent to an activating group) is 1. The second-order valence-electron chi connectivity index (χ2n) is 7.34. The highest BCUT2D eigenvalue weighted by Gasteiger charge is 2.15. The van der Waals surface area contributed by atoms with E-state index >= 15 is 0 Å². The number of benzene rings is 2. The van der Waals surface area contributed by atoms with E-state index in [4.69, 9.17) is 0 Å². The van der Waals surface area contributed by atoms with Gasteiger partial charge in [0.1, 0.15) is 0 Å². The highest BCUT2D eigenvalue weighted by Crippen LogP contribution is 2.19. The lowest BCUT2D eigenvalue weighted by Crippen LogP contribution is -2.46. The number of rotatable bonds is 6. The number of para-hydroxylation sites is 1. The number of carbonyl (C=O) groups excluding carboxylic acids is 1. The van der Waals surface area contributed by atoms with Crippen LogP contribution in [0.15, 0.2) is 73.1 Å². The average molecular weight is 402 g/mol. The second-order valence-corrected chi connectivity index (χ2v) is 7.34. The maximum absolute atomic E-state index is 12.3. The van der Waals surface area contributed by atoms with Crippen LogP contribution in [-0.2, 0) is 4.79 Å². The van der Waals surface area contributed by atoms with Crippen LogP contribution >= 0.6 is 0 Å². The van der Waals surface area contributed by atoms with Crippen LogP contribution in [0.5, 0.6) is 0 Å². The molecule has 2 heterocycles. The Labute approximate surface area is 177 Å². The molecule has 0 spiro atoms. The molecular formula is C24H27N5O. The van der Waals surface area contributed by atoms with E-state index in [1.54, 1.807) is 17.0 Å². The molecule has 0 atom stereocenters. The molecule has 1 aliphatic heterocycles. The molecule has 2 aromatic carbocycles. The maximum Gasteiger partial charge on any atom is 0.248 e. The van der Waals surface area contributed by atoms with E-state index in [-0.39, 0.29) is 5.91 Å². The minimum Gasteiger partial charge on any atom is -0.369 e. The van der Waals surface area contributed by atoms with Crippen molar-refractivity contribution in [1.29, 1.82) is 0 Å². The molecule has 154 valence electrons. The first-order valence-corrected chi connectivity index (χ1v) is 10.4. The summed E-state index contributed by atoms with van der Waals surface area (Å²) in [6.07, 6.45) is 6.93. The van der Waals surface area contributed by atoms with Crippen LogP contribution in [0.4, 0.5) is 11.4 Å². The molecule has 1 amide bonds. The number of nitrogens with one attached hydrogen (secondary N) is 1. The van der Waals surface area contributed by atoms with Crippen LogP contribution < -0.4 is 10.2 Å². The first kappa shape index (κ1) is 19.9. The van der Waals surface area contributed by atoms with E-state index < -0.39 is 0 Å². The zero-order valence-corrected chi connectivity index (χ0v) is 17.2. The SMILES string of the molecule is CCN1CCN(c2ccc(NC(=O)/C=C/c3cnn(-c4ccccc4)c3)cc2)CC1. The molecule has 30 heavy (non-hydrogen) atoms. The van der Waals surface area contributed by atoms with Gasteiger partial charge in [-0.15, -0.1) is 0 Å². The standard InChI is InChI=1S/C24H27N5O/c1-2-27-14-16-28(17-15-27)22-11-9-21(10-12-22)26-24(30)13-8-20-18-25-29(19-20)23-6-4-3-5-7-23/h3-13,18-19H,2,14-17H2,1H3,(H,26,30)/b13-8+. The van der Waals surface area contributed by atoms with Gasteiger partial charge in [0.25, 0.3) is 0 Å². The summed E-state index contributed by atoms with van der Waals surface area (Å²) in [5.74, 6) is -0.160. The summed E-state index contributed by atoms with van der Waals surface area (Å²) in [6, 6.07) is 17.9. The highest BCUT2D eigenvalue weighted by molar-refractivity contribution is 6.01. The number of anilines is 2. The molecule has 1 aromatic heterocycles. The lowest BCUT2D eigenvalue weighted by molar-refractivity contribution is -0.111. The summed E-state index contributed by atoms with van der Waals surface area (Å²) in [5.41, 5.74) is 3.85. The summed E-state index contributed by atoms with van der Waals surface area (Å²) >= 11 is 0. The third-order valence-electron chi connectivity index (χ3n) is 5.37. The third kappa shape index (κ3) is 4.96. The van der Waals surface area contributed by atoms with Crippen molar-refractivity contribution in [2.45, 2.75) is 6.92 Å². The largest absolute Gasteiger partial charge is 0.369 e. The van der Waals surface area contributed by atoms with E-state index in [0.29, 0.717) is 0 Å². The molecule has 0 radical (unpaired) electrons. The minimum absolute atomic E-state index is 0.160. The maximum atomic E-state index is 12.3. The van der Waals surface area contributed by atoms with Gasteiger partial charge in [-0.3, -0.25) is 4.79 Å². The summed E-state index contributed by atoms with van der Waals surface area (Å²) in [7, 11) is 0. The topological polar surface area (TPSA) is 53.4 Å². The normalized spacial score (nSPS) is 14.9. The first-order valence-electron chi connectivity index (χ1n) is 10.4. The zero-order chi connectivity index (χ0) is 20.8. The van der Waals surface area contributed by atoms with Gasteiger partial charge in [-0.25, -0.2) is 4.68 Å². The molecular weight excluding hydrogens is 374 g/mol. The van der Waals surface area contributed by atoms with Crippen molar-refractivity contribution in [3.05, 3.63) is 78.6 Å². The Bertz CT molecular complexity index is 986. The van der Waals surface area contributed by atoms with Gasteiger partial charge < -0.3 is 15.1 Å². The van der Waals surface area contributed by atoms with Gasteiger partial charge in [0.15, 0.2) is 0 Å². The van der Waals surface area contributed by atoms with Crippen LogP contribution in [0.25, 0.3) is 11.8 Å². The summed E-state index contributed by atoms with van der Waals surface area (Å²) in [5, 5.41) is 7.26. The Morgan fingerprint density at radius 1 is 1.00 bits per heavy atom. The van der Waals surface area contributed by atoms with Gasteiger partial charge >= 0.3 is 0 Å². The van der Waals surface area contributed by atoms with E-state index in [1.807, 2.05) is 48.7 Å². The fourth-order valence-electron chi connectivity index (χ4n) is 3.58. The van der Waals surface area contributed by atoms with Crippen molar-refractivity contribution in [3.8, 4) is 5.69 Å². The fraction of sp³-hybridized carbons (Fsp3) is 0.250. The van der Waals surface area contributed by atoms with Crippen molar-refractivity contribution < 1.29 is 4.79 Å². The Hall–Kier alpha value is -3.38. The average Bonchev–Trinajstić information content (AvgIpc) is 3.28. The second kappa shape index (κ2) is 9.41. The molecule has 1 fully saturated rings. The molecule has 3 aromatic rings. The van der Waals surface area contributed by atoms with Crippen LogP contribution in [0.2, 0.25) is 0 Å². The van der Waals surface area contributed by atoms with E-state index in [1.165, 1.54) is 11.8 Å². The lowest BCUT2D eigenvalue weighted by Gasteiger charge is -2.35. The Balaban J connectivity index is 1.31. The Morgan fingerprint density at radius 3 is 2.43 bits per heavy atom.